The first kappa shape index (κ1) is 6.32. The normalized spacial score (nSPS) is 34.2. The third-order valence-corrected chi connectivity index (χ3v) is 1.18. The lowest BCUT2D eigenvalue weighted by Crippen LogP contribution is -2.37. The quantitative estimate of drug-likeness (QED) is 0.402. The number of nitrogens with two attached hydrogens (primary N) is 1. The minimum Gasteiger partial charge on any atom is -0.508 e. The average Bonchev–Trinajstić information content (AvgIpc) is 1.78. The van der Waals surface area contributed by atoms with Gasteiger partial charge in [0.15, 0.2) is 0 Å². The largest absolute Gasteiger partial charge is 0.508 e. The van der Waals surface area contributed by atoms with Gasteiger partial charge in [0, 0.05) is 6.42 Å². The van der Waals surface area contributed by atoms with Crippen molar-refractivity contribution in [2.75, 3.05) is 0 Å². The zero-order chi connectivity index (χ0) is 6.91. The van der Waals surface area contributed by atoms with Gasteiger partial charge in [0.25, 0.3) is 0 Å². The van der Waals surface area contributed by atoms with Gasteiger partial charge in [0.2, 0.25) is 0 Å². The molecule has 9 heavy (non-hydrogen) atoms. The molecule has 1 aliphatic rings. The van der Waals surface area contributed by atoms with Crippen molar-refractivity contribution in [1.29, 1.82) is 0 Å². The van der Waals surface area contributed by atoms with E-state index in [1.165, 1.54) is 18.2 Å². The Hall–Kier alpha value is -0.800. The molecule has 1 aliphatic carbocycles. The van der Waals surface area contributed by atoms with Crippen LogP contribution < -0.4 is 5.73 Å². The standard InChI is InChI=1S/C6H9NO2/c7-6(9)3-1-5(8)2-4-6/h1-3,8-9H,4,7H2/t6-/m1/s1. The highest BCUT2D eigenvalue weighted by molar-refractivity contribution is 5.20. The first-order chi connectivity index (χ1) is 4.10. The van der Waals surface area contributed by atoms with Gasteiger partial charge in [-0.1, -0.05) is 0 Å². The predicted octanol–water partition coefficient (Wildman–Crippen LogP) is 0.0355. The molecule has 0 aliphatic heterocycles. The Morgan fingerprint density at radius 2 is 2.33 bits per heavy atom. The summed E-state index contributed by atoms with van der Waals surface area (Å²) in [5, 5.41) is 17.8. The second-order valence-electron chi connectivity index (χ2n) is 2.16. The van der Waals surface area contributed by atoms with Gasteiger partial charge in [-0.05, 0) is 18.2 Å². The molecule has 1 rings (SSSR count). The van der Waals surface area contributed by atoms with Crippen LogP contribution in [0.4, 0.5) is 0 Å². The van der Waals surface area contributed by atoms with Gasteiger partial charge in [-0.25, -0.2) is 0 Å². The fourth-order valence-electron chi connectivity index (χ4n) is 0.634. The first-order valence-corrected chi connectivity index (χ1v) is 2.70. The van der Waals surface area contributed by atoms with Crippen molar-refractivity contribution in [1.82, 2.24) is 0 Å². The van der Waals surface area contributed by atoms with E-state index in [0.717, 1.165) is 0 Å². The minimum absolute atomic E-state index is 0.158. The molecule has 0 heterocycles. The lowest BCUT2D eigenvalue weighted by atomic mass is 10.1. The summed E-state index contributed by atoms with van der Waals surface area (Å²) in [7, 11) is 0. The van der Waals surface area contributed by atoms with Crippen LogP contribution in [0.15, 0.2) is 24.0 Å². The second kappa shape index (κ2) is 1.86. The van der Waals surface area contributed by atoms with E-state index >= 15 is 0 Å². The van der Waals surface area contributed by atoms with E-state index in [4.69, 9.17) is 15.9 Å². The maximum atomic E-state index is 9.03. The summed E-state index contributed by atoms with van der Waals surface area (Å²) in [5.41, 5.74) is 4.00. The van der Waals surface area contributed by atoms with Crippen molar-refractivity contribution < 1.29 is 10.2 Å². The van der Waals surface area contributed by atoms with E-state index in [2.05, 4.69) is 0 Å². The fourth-order valence-corrected chi connectivity index (χ4v) is 0.634. The van der Waals surface area contributed by atoms with E-state index < -0.39 is 5.72 Å². The number of aliphatic hydroxyl groups is 2. The Bertz CT molecular complexity index is 170. The van der Waals surface area contributed by atoms with Crippen LogP contribution in [0, 0.1) is 0 Å². The summed E-state index contributed by atoms with van der Waals surface area (Å²) in [5.74, 6) is 0.158. The third-order valence-electron chi connectivity index (χ3n) is 1.18. The monoisotopic (exact) mass is 127 g/mol. The molecule has 0 spiro atoms. The lowest BCUT2D eigenvalue weighted by Gasteiger charge is -2.19. The molecule has 0 aromatic heterocycles. The van der Waals surface area contributed by atoms with Crippen molar-refractivity contribution in [2.24, 2.45) is 5.73 Å². The molecular weight excluding hydrogens is 118 g/mol. The maximum absolute atomic E-state index is 9.03. The smallest absolute Gasteiger partial charge is 0.136 e. The summed E-state index contributed by atoms with van der Waals surface area (Å²) in [4.78, 5) is 0. The number of aliphatic hydroxyl groups excluding tert-OH is 1. The summed E-state index contributed by atoms with van der Waals surface area (Å²) in [6.45, 7) is 0. The molecule has 3 heteroatoms. The molecule has 0 saturated carbocycles. The van der Waals surface area contributed by atoms with E-state index in [9.17, 15) is 0 Å². The molecule has 0 saturated heterocycles. The SMILES string of the molecule is N[C@@]1(O)C=CC(O)=CC1. The molecule has 0 amide bonds. The van der Waals surface area contributed by atoms with Crippen LogP contribution in [0.2, 0.25) is 0 Å². The maximum Gasteiger partial charge on any atom is 0.136 e. The van der Waals surface area contributed by atoms with E-state index in [1.807, 2.05) is 0 Å². The average molecular weight is 127 g/mol. The summed E-state index contributed by atoms with van der Waals surface area (Å²) in [6.07, 6.45) is 4.49. The van der Waals surface area contributed by atoms with Crippen LogP contribution in [-0.4, -0.2) is 15.9 Å². The zero-order valence-electron chi connectivity index (χ0n) is 4.91. The van der Waals surface area contributed by atoms with E-state index in [0.29, 0.717) is 0 Å². The molecule has 50 valence electrons. The van der Waals surface area contributed by atoms with Gasteiger partial charge in [-0.2, -0.15) is 0 Å². The van der Waals surface area contributed by atoms with E-state index in [1.54, 1.807) is 0 Å². The third kappa shape index (κ3) is 1.55. The first-order valence-electron chi connectivity index (χ1n) is 2.70. The molecular formula is C6H9NO2. The summed E-state index contributed by atoms with van der Waals surface area (Å²) >= 11 is 0. The number of hydrogen-bond donors (Lipinski definition) is 3. The van der Waals surface area contributed by atoms with Gasteiger partial charge >= 0.3 is 0 Å². The van der Waals surface area contributed by atoms with Crippen LogP contribution in [0.5, 0.6) is 0 Å². The van der Waals surface area contributed by atoms with Crippen molar-refractivity contribution in [3.8, 4) is 0 Å². The molecule has 0 aromatic carbocycles. The van der Waals surface area contributed by atoms with Crippen LogP contribution in [0.1, 0.15) is 6.42 Å². The molecule has 0 radical (unpaired) electrons. The van der Waals surface area contributed by atoms with Gasteiger partial charge in [0.05, 0.1) is 0 Å². The Labute approximate surface area is 53.1 Å². The van der Waals surface area contributed by atoms with Gasteiger partial charge in [-0.3, -0.25) is 0 Å². The number of rotatable bonds is 0. The Balaban J connectivity index is 2.70. The second-order valence-corrected chi connectivity index (χ2v) is 2.16. The van der Waals surface area contributed by atoms with Crippen LogP contribution in [0.3, 0.4) is 0 Å². The van der Waals surface area contributed by atoms with Crippen LogP contribution in [-0.2, 0) is 0 Å². The Morgan fingerprint density at radius 1 is 1.67 bits per heavy atom. The highest BCUT2D eigenvalue weighted by Gasteiger charge is 2.17. The number of allylic oxidation sites excluding steroid dienone is 1. The van der Waals surface area contributed by atoms with Crippen molar-refractivity contribution >= 4 is 0 Å². The zero-order valence-corrected chi connectivity index (χ0v) is 4.91. The predicted molar refractivity (Wildman–Crippen MR) is 33.6 cm³/mol. The van der Waals surface area contributed by atoms with Crippen molar-refractivity contribution in [3.05, 3.63) is 24.0 Å². The van der Waals surface area contributed by atoms with Gasteiger partial charge in [0.1, 0.15) is 11.5 Å². The van der Waals surface area contributed by atoms with Gasteiger partial charge in [-0.15, -0.1) is 0 Å². The molecule has 0 fully saturated rings. The molecule has 4 N–H and O–H groups in total. The van der Waals surface area contributed by atoms with Crippen molar-refractivity contribution in [2.45, 2.75) is 12.1 Å². The minimum atomic E-state index is -1.26. The fraction of sp³-hybridized carbons (Fsp3) is 0.333. The Kier molecular flexibility index (Phi) is 1.31. The molecule has 0 bridgehead atoms. The Morgan fingerprint density at radius 3 is 2.67 bits per heavy atom. The van der Waals surface area contributed by atoms with Crippen LogP contribution >= 0.6 is 0 Å². The van der Waals surface area contributed by atoms with Crippen molar-refractivity contribution in [3.63, 3.8) is 0 Å². The summed E-state index contributed by atoms with van der Waals surface area (Å²) in [6, 6.07) is 0. The highest BCUT2D eigenvalue weighted by atomic mass is 16.3. The molecule has 0 unspecified atom stereocenters. The molecule has 0 aromatic rings. The van der Waals surface area contributed by atoms with E-state index in [-0.39, 0.29) is 12.2 Å². The van der Waals surface area contributed by atoms with Gasteiger partial charge < -0.3 is 15.9 Å². The molecule has 1 atom stereocenters. The molecule has 3 nitrogen and oxygen atoms in total. The summed E-state index contributed by atoms with van der Waals surface area (Å²) < 4.78 is 0. The highest BCUT2D eigenvalue weighted by Crippen LogP contribution is 2.13. The van der Waals surface area contributed by atoms with Crippen LogP contribution in [0.25, 0.3) is 0 Å². The lowest BCUT2D eigenvalue weighted by molar-refractivity contribution is 0.0983. The topological polar surface area (TPSA) is 66.5 Å². The number of hydrogen-bond acceptors (Lipinski definition) is 3.